The van der Waals surface area contributed by atoms with Crippen molar-refractivity contribution in [2.45, 2.75) is 78.2 Å². The molecule has 4 aliphatic carbocycles. The molecule has 3 nitrogen and oxygen atoms in total. The van der Waals surface area contributed by atoms with Crippen LogP contribution in [0.15, 0.2) is 5.10 Å². The van der Waals surface area contributed by atoms with Gasteiger partial charge in [-0.1, -0.05) is 20.8 Å². The summed E-state index contributed by atoms with van der Waals surface area (Å²) in [4.78, 5) is 0. The summed E-state index contributed by atoms with van der Waals surface area (Å²) in [5.74, 6) is 9.43. The van der Waals surface area contributed by atoms with Crippen molar-refractivity contribution in [2.75, 3.05) is 0 Å². The van der Waals surface area contributed by atoms with Crippen molar-refractivity contribution in [3.8, 4) is 0 Å². The lowest BCUT2D eigenvalue weighted by molar-refractivity contribution is -0.116. The summed E-state index contributed by atoms with van der Waals surface area (Å²) in [5.41, 5.74) is 1.92. The highest BCUT2D eigenvalue weighted by molar-refractivity contribution is 5.87. The fourth-order valence-corrected chi connectivity index (χ4v) is 7.57. The molecule has 4 fully saturated rings. The SMILES string of the molecule is C[C@H]1C[C@@]2(C)[C@H](CC[C@@H]3[C@@H]2CC[C@]2(C)[C@@H](O)CC[C@@H]32)C/C1=N/N. The Kier molecular flexibility index (Phi) is 3.61. The molecule has 0 saturated heterocycles. The number of hydrogen-bond donors (Lipinski definition) is 2. The second kappa shape index (κ2) is 5.21. The molecule has 0 aliphatic heterocycles. The topological polar surface area (TPSA) is 58.6 Å². The maximum Gasteiger partial charge on any atom is 0.0596 e. The summed E-state index contributed by atoms with van der Waals surface area (Å²) in [7, 11) is 0. The molecule has 0 radical (unpaired) electrons. The molecule has 0 bridgehead atoms. The molecule has 0 aromatic rings. The number of hydrazone groups is 1. The van der Waals surface area contributed by atoms with E-state index in [1.165, 1.54) is 44.2 Å². The lowest BCUT2D eigenvalue weighted by atomic mass is 9.44. The zero-order chi connectivity index (χ0) is 16.4. The monoisotopic (exact) mass is 318 g/mol. The summed E-state index contributed by atoms with van der Waals surface area (Å²) in [5, 5.41) is 14.7. The predicted molar refractivity (Wildman–Crippen MR) is 93.9 cm³/mol. The van der Waals surface area contributed by atoms with E-state index in [0.29, 0.717) is 11.3 Å². The number of fused-ring (bicyclic) bond motifs is 5. The molecule has 4 aliphatic rings. The van der Waals surface area contributed by atoms with Gasteiger partial charge in [0.1, 0.15) is 0 Å². The zero-order valence-corrected chi connectivity index (χ0v) is 15.1. The van der Waals surface area contributed by atoms with Gasteiger partial charge in [-0.25, -0.2) is 0 Å². The average molecular weight is 319 g/mol. The van der Waals surface area contributed by atoms with Crippen molar-refractivity contribution in [3.05, 3.63) is 0 Å². The van der Waals surface area contributed by atoms with Crippen LogP contribution in [0.4, 0.5) is 0 Å². The Morgan fingerprint density at radius 1 is 1.04 bits per heavy atom. The largest absolute Gasteiger partial charge is 0.393 e. The molecule has 0 spiro atoms. The summed E-state index contributed by atoms with van der Waals surface area (Å²) >= 11 is 0. The molecule has 0 heterocycles. The van der Waals surface area contributed by atoms with E-state index in [-0.39, 0.29) is 11.5 Å². The van der Waals surface area contributed by atoms with Crippen molar-refractivity contribution in [1.82, 2.24) is 0 Å². The van der Waals surface area contributed by atoms with E-state index < -0.39 is 0 Å². The van der Waals surface area contributed by atoms with Crippen LogP contribution in [0.25, 0.3) is 0 Å². The number of aliphatic hydroxyl groups is 1. The smallest absolute Gasteiger partial charge is 0.0596 e. The number of hydrogen-bond acceptors (Lipinski definition) is 3. The first-order chi connectivity index (χ1) is 10.9. The standard InChI is InChI=1S/C20H34N2O/c1-12-11-20(3)13(10-17(12)22-21)4-5-14-15-6-7-18(23)19(15,2)9-8-16(14)20/h12-16,18,23H,4-11,21H2,1-3H3/b22-17-/t12-,13+,14-,15-,16-,18-,19-,20-/m0/s1. The molecule has 0 aromatic carbocycles. The van der Waals surface area contributed by atoms with Gasteiger partial charge >= 0.3 is 0 Å². The van der Waals surface area contributed by atoms with E-state index in [4.69, 9.17) is 5.84 Å². The quantitative estimate of drug-likeness (QED) is 0.525. The van der Waals surface area contributed by atoms with Crippen LogP contribution in [0, 0.1) is 40.4 Å². The summed E-state index contributed by atoms with van der Waals surface area (Å²) in [6.45, 7) is 7.28. The highest BCUT2D eigenvalue weighted by Crippen LogP contribution is 2.66. The molecule has 3 heteroatoms. The van der Waals surface area contributed by atoms with E-state index in [0.717, 1.165) is 36.5 Å². The van der Waals surface area contributed by atoms with Crippen LogP contribution in [0.1, 0.15) is 72.1 Å². The minimum absolute atomic E-state index is 0.0553. The summed E-state index contributed by atoms with van der Waals surface area (Å²) in [6.07, 6.45) is 9.88. The fourth-order valence-electron chi connectivity index (χ4n) is 7.57. The van der Waals surface area contributed by atoms with Gasteiger partial charge in [-0.2, -0.15) is 5.10 Å². The van der Waals surface area contributed by atoms with Crippen molar-refractivity contribution >= 4 is 5.71 Å². The van der Waals surface area contributed by atoms with Crippen LogP contribution in [0.5, 0.6) is 0 Å². The van der Waals surface area contributed by atoms with Gasteiger partial charge in [0.15, 0.2) is 0 Å². The van der Waals surface area contributed by atoms with Crippen LogP contribution in [0.2, 0.25) is 0 Å². The van der Waals surface area contributed by atoms with Crippen LogP contribution >= 0.6 is 0 Å². The first-order valence-corrected chi connectivity index (χ1v) is 9.85. The molecule has 4 rings (SSSR count). The normalized spacial score (nSPS) is 57.7. The second-order valence-electron chi connectivity index (χ2n) is 9.72. The van der Waals surface area contributed by atoms with E-state index >= 15 is 0 Å². The molecule has 3 N–H and O–H groups in total. The molecule has 4 saturated carbocycles. The Morgan fingerprint density at radius 2 is 1.78 bits per heavy atom. The van der Waals surface area contributed by atoms with Crippen LogP contribution in [-0.4, -0.2) is 16.9 Å². The fraction of sp³-hybridized carbons (Fsp3) is 0.950. The van der Waals surface area contributed by atoms with E-state index in [9.17, 15) is 5.11 Å². The Morgan fingerprint density at radius 3 is 2.52 bits per heavy atom. The minimum atomic E-state index is -0.0553. The Bertz CT molecular complexity index is 518. The minimum Gasteiger partial charge on any atom is -0.393 e. The molecular formula is C20H34N2O. The van der Waals surface area contributed by atoms with Crippen LogP contribution in [0.3, 0.4) is 0 Å². The summed E-state index contributed by atoms with van der Waals surface area (Å²) < 4.78 is 0. The van der Waals surface area contributed by atoms with Crippen molar-refractivity contribution in [2.24, 2.45) is 51.4 Å². The van der Waals surface area contributed by atoms with Crippen molar-refractivity contribution < 1.29 is 5.11 Å². The lowest BCUT2D eigenvalue weighted by Gasteiger charge is -2.61. The van der Waals surface area contributed by atoms with Gasteiger partial charge < -0.3 is 10.9 Å². The highest BCUT2D eigenvalue weighted by Gasteiger charge is 2.60. The molecule has 130 valence electrons. The third-order valence-corrected chi connectivity index (χ3v) is 8.95. The molecule has 23 heavy (non-hydrogen) atoms. The third-order valence-electron chi connectivity index (χ3n) is 8.95. The highest BCUT2D eigenvalue weighted by atomic mass is 16.3. The second-order valence-corrected chi connectivity index (χ2v) is 9.72. The van der Waals surface area contributed by atoms with Crippen molar-refractivity contribution in [3.63, 3.8) is 0 Å². The van der Waals surface area contributed by atoms with Gasteiger partial charge in [0, 0.05) is 5.71 Å². The zero-order valence-electron chi connectivity index (χ0n) is 15.1. The van der Waals surface area contributed by atoms with E-state index in [1.807, 2.05) is 0 Å². The van der Waals surface area contributed by atoms with Gasteiger partial charge in [0.25, 0.3) is 0 Å². The van der Waals surface area contributed by atoms with Crippen LogP contribution in [-0.2, 0) is 0 Å². The maximum absolute atomic E-state index is 10.5. The number of rotatable bonds is 0. The average Bonchev–Trinajstić information content (AvgIpc) is 2.82. The Hall–Kier alpha value is -0.570. The number of aliphatic hydroxyl groups excluding tert-OH is 1. The maximum atomic E-state index is 10.5. The molecule has 0 aromatic heterocycles. The van der Waals surface area contributed by atoms with Gasteiger partial charge in [0.2, 0.25) is 0 Å². The van der Waals surface area contributed by atoms with Crippen molar-refractivity contribution in [1.29, 1.82) is 0 Å². The molecular weight excluding hydrogens is 284 g/mol. The van der Waals surface area contributed by atoms with Gasteiger partial charge in [0.05, 0.1) is 6.10 Å². The lowest BCUT2D eigenvalue weighted by Crippen LogP contribution is -2.55. The number of nitrogens with two attached hydrogens (primary N) is 1. The summed E-state index contributed by atoms with van der Waals surface area (Å²) in [6, 6.07) is 0. The Balaban J connectivity index is 1.63. The molecule has 8 atom stereocenters. The predicted octanol–water partition coefficient (Wildman–Crippen LogP) is 3.95. The van der Waals surface area contributed by atoms with E-state index in [2.05, 4.69) is 25.9 Å². The van der Waals surface area contributed by atoms with E-state index in [1.54, 1.807) is 0 Å². The molecule has 0 amide bonds. The van der Waals surface area contributed by atoms with Gasteiger partial charge in [-0.15, -0.1) is 0 Å². The first-order valence-electron chi connectivity index (χ1n) is 9.85. The van der Waals surface area contributed by atoms with Crippen LogP contribution < -0.4 is 5.84 Å². The third kappa shape index (κ3) is 2.08. The number of nitrogens with zero attached hydrogens (tertiary/aromatic N) is 1. The Labute approximate surface area is 141 Å². The molecule has 0 unspecified atom stereocenters. The first kappa shape index (κ1) is 15.9. The van der Waals surface area contributed by atoms with Gasteiger partial charge in [-0.05, 0) is 91.8 Å². The van der Waals surface area contributed by atoms with Gasteiger partial charge in [-0.3, -0.25) is 0 Å².